The first kappa shape index (κ1) is 22.7. The number of fused-ring (bicyclic) bond motifs is 1. The lowest BCUT2D eigenvalue weighted by Gasteiger charge is -2.30. The summed E-state index contributed by atoms with van der Waals surface area (Å²) < 4.78 is 7.93. The van der Waals surface area contributed by atoms with E-state index in [1.165, 1.54) is 6.33 Å². The van der Waals surface area contributed by atoms with Gasteiger partial charge < -0.3 is 15.4 Å². The van der Waals surface area contributed by atoms with Crippen LogP contribution in [0.4, 0.5) is 11.6 Å². The van der Waals surface area contributed by atoms with Crippen LogP contribution in [0.25, 0.3) is 0 Å². The largest absolute Gasteiger partial charge is 0.488 e. The summed E-state index contributed by atoms with van der Waals surface area (Å²) in [6.07, 6.45) is 1.47. The van der Waals surface area contributed by atoms with Gasteiger partial charge in [-0.15, -0.1) is 0 Å². The van der Waals surface area contributed by atoms with Crippen molar-refractivity contribution in [1.29, 1.82) is 0 Å². The van der Waals surface area contributed by atoms with Crippen LogP contribution in [0.5, 0.6) is 5.75 Å². The van der Waals surface area contributed by atoms with Crippen LogP contribution in [0.2, 0.25) is 5.02 Å². The molecule has 0 radical (unpaired) electrons. The Bertz CT molecular complexity index is 1430. The van der Waals surface area contributed by atoms with Crippen LogP contribution in [0.1, 0.15) is 29.7 Å². The van der Waals surface area contributed by atoms with Crippen molar-refractivity contribution in [1.82, 2.24) is 14.8 Å². The normalized spacial score (nSPS) is 14.8. The summed E-state index contributed by atoms with van der Waals surface area (Å²) in [4.78, 5) is 18.0. The van der Waals surface area contributed by atoms with E-state index in [0.717, 1.165) is 22.4 Å². The van der Waals surface area contributed by atoms with Crippen LogP contribution in [-0.4, -0.2) is 20.7 Å². The Balaban J connectivity index is 1.53. The average molecular weight is 486 g/mol. The molecular formula is C27H24ClN5O2. The Morgan fingerprint density at radius 3 is 2.63 bits per heavy atom. The summed E-state index contributed by atoms with van der Waals surface area (Å²) in [5.41, 5.74) is 4.62. The lowest BCUT2D eigenvalue weighted by molar-refractivity contribution is -0.113. The van der Waals surface area contributed by atoms with Crippen LogP contribution >= 0.6 is 11.6 Å². The molecule has 35 heavy (non-hydrogen) atoms. The van der Waals surface area contributed by atoms with Gasteiger partial charge in [-0.2, -0.15) is 10.1 Å². The Morgan fingerprint density at radius 2 is 1.80 bits per heavy atom. The molecular weight excluding hydrogens is 462 g/mol. The number of nitrogens with zero attached hydrogens (tertiary/aromatic N) is 3. The predicted octanol–water partition coefficient (Wildman–Crippen LogP) is 5.75. The molecule has 1 amide bonds. The van der Waals surface area contributed by atoms with E-state index in [1.807, 2.05) is 86.6 Å². The standard InChI is InChI=1S/C27H24ClN5O2/c1-17-9-3-7-13-22(17)32-26(34)24-18(2)31-27-29-16-30-33(27)25(24)20-11-5-8-14-23(20)35-15-19-10-4-6-12-21(19)28/h3-14,16,25H,15H2,1-2H3,(H,32,34)(H,29,30,31)/t25-/m1/s1. The highest BCUT2D eigenvalue weighted by atomic mass is 35.5. The van der Waals surface area contributed by atoms with Crippen LogP contribution in [0.15, 0.2) is 90.4 Å². The van der Waals surface area contributed by atoms with Gasteiger partial charge in [0.25, 0.3) is 5.91 Å². The number of rotatable bonds is 6. The van der Waals surface area contributed by atoms with Gasteiger partial charge in [-0.25, -0.2) is 4.68 Å². The quantitative estimate of drug-likeness (QED) is 0.363. The number of aromatic nitrogens is 3. The highest BCUT2D eigenvalue weighted by molar-refractivity contribution is 6.31. The number of nitrogens with one attached hydrogen (secondary N) is 2. The Morgan fingerprint density at radius 1 is 1.06 bits per heavy atom. The Labute approximate surface area is 208 Å². The number of allylic oxidation sites excluding steroid dienone is 1. The van der Waals surface area contributed by atoms with Gasteiger partial charge in [0.1, 0.15) is 24.7 Å². The molecule has 0 saturated heterocycles. The van der Waals surface area contributed by atoms with Crippen LogP contribution < -0.4 is 15.4 Å². The van der Waals surface area contributed by atoms with Crippen molar-refractivity contribution in [3.8, 4) is 5.75 Å². The minimum absolute atomic E-state index is 0.226. The van der Waals surface area contributed by atoms with Gasteiger partial charge >= 0.3 is 0 Å². The molecule has 1 atom stereocenters. The minimum Gasteiger partial charge on any atom is -0.488 e. The molecule has 4 aromatic rings. The van der Waals surface area contributed by atoms with E-state index in [4.69, 9.17) is 16.3 Å². The maximum atomic E-state index is 13.7. The Hall–Kier alpha value is -4.10. The third-order valence-corrected chi connectivity index (χ3v) is 6.36. The summed E-state index contributed by atoms with van der Waals surface area (Å²) >= 11 is 6.33. The van der Waals surface area contributed by atoms with E-state index in [9.17, 15) is 4.79 Å². The first-order valence-electron chi connectivity index (χ1n) is 11.2. The van der Waals surface area contributed by atoms with Gasteiger partial charge in [0.05, 0.1) is 5.57 Å². The number of aryl methyl sites for hydroxylation is 1. The lowest BCUT2D eigenvalue weighted by atomic mass is 9.94. The van der Waals surface area contributed by atoms with Gasteiger partial charge in [0, 0.05) is 27.5 Å². The number of carbonyl (C=O) groups is 1. The van der Waals surface area contributed by atoms with Crippen molar-refractivity contribution in [2.75, 3.05) is 10.6 Å². The molecule has 1 aromatic heterocycles. The van der Waals surface area contributed by atoms with E-state index in [0.29, 0.717) is 34.6 Å². The molecule has 2 N–H and O–H groups in total. The fourth-order valence-electron chi connectivity index (χ4n) is 4.18. The van der Waals surface area contributed by atoms with E-state index >= 15 is 0 Å². The molecule has 0 spiro atoms. The maximum absolute atomic E-state index is 13.7. The lowest BCUT2D eigenvalue weighted by Crippen LogP contribution is -2.32. The monoisotopic (exact) mass is 485 g/mol. The zero-order chi connectivity index (χ0) is 24.4. The number of hydrogen-bond acceptors (Lipinski definition) is 5. The van der Waals surface area contributed by atoms with Gasteiger partial charge in [0.2, 0.25) is 5.95 Å². The number of benzene rings is 3. The first-order chi connectivity index (χ1) is 17.0. The van der Waals surface area contributed by atoms with Crippen molar-refractivity contribution in [2.24, 2.45) is 0 Å². The van der Waals surface area contributed by atoms with Crippen molar-refractivity contribution < 1.29 is 9.53 Å². The molecule has 8 heteroatoms. The summed E-state index contributed by atoms with van der Waals surface area (Å²) in [5.74, 6) is 0.965. The fraction of sp³-hybridized carbons (Fsp3) is 0.148. The van der Waals surface area contributed by atoms with Gasteiger partial charge in [-0.1, -0.05) is 66.2 Å². The molecule has 1 aliphatic rings. The zero-order valence-electron chi connectivity index (χ0n) is 19.3. The summed E-state index contributed by atoms with van der Waals surface area (Å²) in [6, 6.07) is 22.4. The predicted molar refractivity (Wildman–Crippen MR) is 137 cm³/mol. The Kier molecular flexibility index (Phi) is 6.25. The number of amides is 1. The number of hydrogen-bond donors (Lipinski definition) is 2. The molecule has 0 fully saturated rings. The second kappa shape index (κ2) is 9.64. The number of ether oxygens (including phenoxy) is 1. The third kappa shape index (κ3) is 4.50. The SMILES string of the molecule is CC1=C(C(=O)Nc2ccccc2C)[C@@H](c2ccccc2OCc2ccccc2Cl)n2ncnc2N1. The maximum Gasteiger partial charge on any atom is 0.255 e. The molecule has 7 nitrogen and oxygen atoms in total. The summed E-state index contributed by atoms with van der Waals surface area (Å²) in [7, 11) is 0. The van der Waals surface area contributed by atoms with E-state index in [2.05, 4.69) is 20.7 Å². The molecule has 176 valence electrons. The van der Waals surface area contributed by atoms with Gasteiger partial charge in [-0.05, 0) is 37.6 Å². The highest BCUT2D eigenvalue weighted by Gasteiger charge is 2.35. The van der Waals surface area contributed by atoms with E-state index in [-0.39, 0.29) is 5.91 Å². The molecule has 3 aromatic carbocycles. The van der Waals surface area contributed by atoms with E-state index in [1.54, 1.807) is 4.68 Å². The fourth-order valence-corrected chi connectivity index (χ4v) is 4.37. The molecule has 0 unspecified atom stereocenters. The smallest absolute Gasteiger partial charge is 0.255 e. The second-order valence-electron chi connectivity index (χ2n) is 8.28. The zero-order valence-corrected chi connectivity index (χ0v) is 20.1. The summed E-state index contributed by atoms with van der Waals surface area (Å²) in [5, 5.41) is 11.3. The van der Waals surface area contributed by atoms with Crippen molar-refractivity contribution in [2.45, 2.75) is 26.5 Å². The van der Waals surface area contributed by atoms with Crippen LogP contribution in [-0.2, 0) is 11.4 Å². The van der Waals surface area contributed by atoms with Crippen LogP contribution in [0, 0.1) is 6.92 Å². The van der Waals surface area contributed by atoms with Gasteiger partial charge in [0.15, 0.2) is 0 Å². The summed E-state index contributed by atoms with van der Waals surface area (Å²) in [6.45, 7) is 4.12. The first-order valence-corrected chi connectivity index (χ1v) is 11.6. The minimum atomic E-state index is -0.541. The van der Waals surface area contributed by atoms with E-state index < -0.39 is 6.04 Å². The van der Waals surface area contributed by atoms with Crippen molar-refractivity contribution in [3.63, 3.8) is 0 Å². The molecule has 5 rings (SSSR count). The molecule has 0 bridgehead atoms. The highest BCUT2D eigenvalue weighted by Crippen LogP contribution is 2.39. The molecule has 0 saturated carbocycles. The number of para-hydroxylation sites is 2. The second-order valence-corrected chi connectivity index (χ2v) is 8.69. The van der Waals surface area contributed by atoms with Gasteiger partial charge in [-0.3, -0.25) is 4.79 Å². The average Bonchev–Trinajstić information content (AvgIpc) is 3.32. The topological polar surface area (TPSA) is 81.1 Å². The number of anilines is 2. The molecule has 1 aliphatic heterocycles. The van der Waals surface area contributed by atoms with Crippen molar-refractivity contribution >= 4 is 29.1 Å². The van der Waals surface area contributed by atoms with Crippen molar-refractivity contribution in [3.05, 3.63) is 112 Å². The molecule has 2 heterocycles. The van der Waals surface area contributed by atoms with Crippen LogP contribution in [0.3, 0.4) is 0 Å². The number of carbonyl (C=O) groups excluding carboxylic acids is 1. The third-order valence-electron chi connectivity index (χ3n) is 5.99. The number of halogens is 1. The molecule has 0 aliphatic carbocycles.